The number of benzene rings is 22. The minimum Gasteiger partial charge on any atom is -0.535 e. The summed E-state index contributed by atoms with van der Waals surface area (Å²) in [5.74, 6) is 1.45. The first-order chi connectivity index (χ1) is 71.4. The van der Waals surface area contributed by atoms with Gasteiger partial charge in [-0.3, -0.25) is 0 Å². The number of thiophene rings is 1. The molecule has 16 heteroatoms. The Morgan fingerprint density at radius 2 is 0.531 bits per heavy atom. The van der Waals surface area contributed by atoms with Gasteiger partial charge in [-0.1, -0.05) is 408 Å². The number of rotatable bonds is 12. The van der Waals surface area contributed by atoms with Gasteiger partial charge < -0.3 is 52.3 Å². The molecule has 3 radical (unpaired) electrons. The smallest absolute Gasteiger partial charge is 0.535 e. The fourth-order valence-corrected chi connectivity index (χ4v) is 25.8. The Balaban J connectivity index is 0.0000000993. The number of hydrogen-bond acceptors (Lipinski definition) is 12. The predicted molar refractivity (Wildman–Crippen MR) is 594 cm³/mol. The Morgan fingerprint density at radius 3 is 0.924 bits per heavy atom. The highest BCUT2D eigenvalue weighted by atomic mass is 32.1. The van der Waals surface area contributed by atoms with Crippen LogP contribution in [0.1, 0.15) is 69.5 Å². The van der Waals surface area contributed by atoms with E-state index in [9.17, 15) is 25.1 Å². The second kappa shape index (κ2) is 34.4. The van der Waals surface area contributed by atoms with Crippen LogP contribution in [-0.2, 0) is 16.2 Å². The lowest BCUT2D eigenvalue weighted by atomic mass is 9.67. The van der Waals surface area contributed by atoms with Crippen LogP contribution in [0.3, 0.4) is 0 Å². The third-order valence-corrected chi connectivity index (χ3v) is 31.8. The van der Waals surface area contributed by atoms with Crippen molar-refractivity contribution in [3.63, 3.8) is 0 Å². The first-order valence-corrected chi connectivity index (χ1v) is 49.4. The van der Waals surface area contributed by atoms with Gasteiger partial charge in [0.2, 0.25) is 0 Å². The summed E-state index contributed by atoms with van der Waals surface area (Å²) >= 11 is 1.61. The van der Waals surface area contributed by atoms with E-state index in [1.807, 2.05) is 103 Å². The molecule has 0 atom stereocenters. The van der Waals surface area contributed by atoms with Crippen LogP contribution in [0.2, 0.25) is 0 Å². The highest BCUT2D eigenvalue weighted by Crippen LogP contribution is 2.65. The third kappa shape index (κ3) is 13.2. The molecule has 0 saturated carbocycles. The highest BCUT2D eigenvalue weighted by Gasteiger charge is 2.52. The Morgan fingerprint density at radius 1 is 0.241 bits per heavy atom. The molecular formula is C129H83B4O11S. The average Bonchev–Trinajstić information content (AvgIpc) is 1.51. The van der Waals surface area contributed by atoms with Crippen LogP contribution in [-0.4, -0.2) is 55.3 Å². The number of fused-ring (bicyclic) bond motifs is 36. The van der Waals surface area contributed by atoms with Crippen molar-refractivity contribution in [2.24, 2.45) is 0 Å². The first-order valence-electron chi connectivity index (χ1n) is 48.6. The lowest BCUT2D eigenvalue weighted by Crippen LogP contribution is -2.29. The van der Waals surface area contributed by atoms with Gasteiger partial charge in [0.05, 0.1) is 10.8 Å². The summed E-state index contributed by atoms with van der Waals surface area (Å²) in [6, 6.07) is 154. The summed E-state index contributed by atoms with van der Waals surface area (Å²) in [6.45, 7) is 4.59. The molecule has 1 spiro atoms. The quantitative estimate of drug-likeness (QED) is 0.0739. The normalized spacial score (nSPS) is 13.2. The minimum absolute atomic E-state index is 0.0715. The van der Waals surface area contributed by atoms with E-state index in [0.29, 0.717) is 62.5 Å². The van der Waals surface area contributed by atoms with Gasteiger partial charge in [-0.15, -0.1) is 11.3 Å². The van der Waals surface area contributed by atoms with E-state index in [4.69, 9.17) is 27.2 Å². The topological polar surface area (TPSA) is 168 Å². The number of furan rings is 3. The van der Waals surface area contributed by atoms with Gasteiger partial charge in [-0.05, 0) is 202 Å². The van der Waals surface area contributed by atoms with Crippen molar-refractivity contribution >= 4 is 176 Å². The van der Waals surface area contributed by atoms with Gasteiger partial charge in [-0.2, -0.15) is 0 Å². The molecule has 30 rings (SSSR count). The summed E-state index contributed by atoms with van der Waals surface area (Å²) in [7, 11) is 0.683. The Kier molecular flexibility index (Phi) is 20.6. The van der Waals surface area contributed by atoms with Crippen molar-refractivity contribution in [3.05, 3.63) is 492 Å². The van der Waals surface area contributed by atoms with Crippen LogP contribution in [0.4, 0.5) is 0 Å². The second-order valence-electron chi connectivity index (χ2n) is 38.2. The lowest BCUT2D eigenvalue weighted by molar-refractivity contribution is 0.426. The van der Waals surface area contributed by atoms with Crippen LogP contribution in [0.5, 0.6) is 17.2 Å². The zero-order chi connectivity index (χ0) is 97.1. The van der Waals surface area contributed by atoms with E-state index in [1.54, 1.807) is 11.3 Å². The molecule has 683 valence electrons. The molecule has 11 nitrogen and oxygen atoms in total. The lowest BCUT2D eigenvalue weighted by Gasteiger charge is -2.34. The first kappa shape index (κ1) is 87.0. The molecule has 0 unspecified atom stereocenters. The maximum absolute atomic E-state index is 9.67. The summed E-state index contributed by atoms with van der Waals surface area (Å²) in [5.41, 5.74) is 33.4. The summed E-state index contributed by atoms with van der Waals surface area (Å²) in [5, 5.41) is 64.6. The molecule has 4 aromatic heterocycles. The largest absolute Gasteiger partial charge is 0.569 e. The molecule has 5 N–H and O–H groups in total. The molecular weight excluding hydrogens is 1800 g/mol. The van der Waals surface area contributed by atoms with Gasteiger partial charge in [0.1, 0.15) is 34.0 Å². The predicted octanol–water partition coefficient (Wildman–Crippen LogP) is 29.8. The fraction of sp³-hybridized carbons (Fsp3) is 0.0388. The highest BCUT2D eigenvalue weighted by molar-refractivity contribution is 7.27. The van der Waals surface area contributed by atoms with Crippen molar-refractivity contribution < 1.29 is 52.3 Å². The summed E-state index contributed by atoms with van der Waals surface area (Å²) in [6.07, 6.45) is 0. The second-order valence-corrected chi connectivity index (χ2v) is 39.2. The molecule has 0 aliphatic heterocycles. The van der Waals surface area contributed by atoms with E-state index in [0.717, 1.165) is 136 Å². The van der Waals surface area contributed by atoms with Crippen molar-refractivity contribution in [2.75, 3.05) is 0 Å². The molecule has 0 bridgehead atoms. The van der Waals surface area contributed by atoms with Crippen LogP contribution in [0.15, 0.2) is 450 Å². The van der Waals surface area contributed by atoms with Crippen LogP contribution in [0.25, 0.3) is 207 Å². The van der Waals surface area contributed by atoms with Crippen molar-refractivity contribution in [1.29, 1.82) is 0 Å². The number of para-hydroxylation sites is 3. The molecule has 26 aromatic rings. The Labute approximate surface area is 840 Å². The van der Waals surface area contributed by atoms with E-state index < -0.39 is 17.9 Å². The zero-order valence-electron chi connectivity index (χ0n) is 78.5. The van der Waals surface area contributed by atoms with Gasteiger partial charge in [0.15, 0.2) is 16.7 Å². The maximum atomic E-state index is 9.67. The molecule has 0 saturated heterocycles. The summed E-state index contributed by atoms with van der Waals surface area (Å²) < 4.78 is 38.6. The van der Waals surface area contributed by atoms with Crippen molar-refractivity contribution in [2.45, 2.75) is 30.1 Å². The zero-order valence-corrected chi connectivity index (χ0v) is 79.3. The van der Waals surface area contributed by atoms with E-state index in [-0.39, 0.29) is 5.41 Å². The number of hydrogen-bond donors (Lipinski definition) is 5. The van der Waals surface area contributed by atoms with Crippen LogP contribution < -0.4 is 19.4 Å². The molecule has 0 fully saturated rings. The van der Waals surface area contributed by atoms with Crippen molar-refractivity contribution in [1.82, 2.24) is 0 Å². The molecule has 145 heavy (non-hydrogen) atoms. The van der Waals surface area contributed by atoms with E-state index in [2.05, 4.69) is 347 Å². The minimum atomic E-state index is -1.45. The van der Waals surface area contributed by atoms with E-state index >= 15 is 0 Å². The van der Waals surface area contributed by atoms with Crippen LogP contribution in [0, 0.1) is 0 Å². The molecule has 0 amide bonds. The van der Waals surface area contributed by atoms with Crippen LogP contribution >= 0.6 is 11.3 Å². The standard InChI is InChI=1S/C41H24BO3.C41H26BO3.C31H22BO3.C16H11BO2S/c43-42-45-37-23-24-10-1-2-11-26(24)38-32-16-9-15-27(39(32)44-40(37)38)25-20-21-31-30-14-5-8-19-35(30)41(36(31)22-25)33-17-6-3-12-28(33)29-13-4-7-18-34(29)41;43-42-45-37-25-26-12-7-8-17-30(26)38-34-20-11-19-31(39(34)44-40(37)38)27-22-23-33-32-18-9-10-21-35(32)41(36(33)24-27,28-13-3-1-4-14-28)29-15-5-2-6-16-29;1-31(2)25-13-6-5-10-22(25)23-15-14-19(16-26(23)31)21-11-7-12-24-28-20-9-4-3-8-18(20)17-27(35-32-33)30(28)34-29(21)24;18-17(19)13-9-10-5-1-2-6-11(10)15-12-7-3-4-8-14(12)20-16(13)15/h1-23,43H;1-25,43H;3-17,33H,1-2H3;1-9,18-19H. The maximum Gasteiger partial charge on any atom is 0.569 e. The third-order valence-electron chi connectivity index (χ3n) is 30.6. The molecule has 4 heterocycles. The molecule has 4 aliphatic carbocycles. The van der Waals surface area contributed by atoms with Gasteiger partial charge in [-0.25, -0.2) is 0 Å². The SMILES string of the molecule is CC1(C)c2ccccc2-c2ccc(-c3cccc4c3oc3c(O[B]O)cc5ccccc5c34)cc21.OB(O)c1cc2ccccc2c2c1sc1ccccc12.O[B]Oc1cc2ccccc2c2c1oc1c(-c3ccc4c(c3)C(c3ccccc3)(c3ccccc3)c3ccccc3-4)cccc12.O[B]Oc1cc2ccccc2c2c1oc1c(-c3ccc4c(c3)C3(c5ccccc5-c5ccccc53)c3ccccc3-4)cccc12. The van der Waals surface area contributed by atoms with Gasteiger partial charge >= 0.3 is 30.2 Å². The van der Waals surface area contributed by atoms with Crippen molar-refractivity contribution in [3.8, 4) is 95.1 Å². The molecule has 4 aliphatic rings. The monoisotopic (exact) mass is 1880 g/mol. The molecule has 22 aromatic carbocycles. The average molecular weight is 1880 g/mol. The Hall–Kier alpha value is -17.0. The van der Waals surface area contributed by atoms with Gasteiger partial charge in [0.25, 0.3) is 0 Å². The summed E-state index contributed by atoms with van der Waals surface area (Å²) in [4.78, 5) is 0. The van der Waals surface area contributed by atoms with Gasteiger partial charge in [0, 0.05) is 80.1 Å². The fourth-order valence-electron chi connectivity index (χ4n) is 24.5. The Bertz CT molecular complexity index is 9460. The van der Waals surface area contributed by atoms with E-state index in [1.165, 1.54) is 110 Å².